The van der Waals surface area contributed by atoms with E-state index >= 15 is 0 Å². The number of benzene rings is 2. The fraction of sp³-hybridized carbons (Fsp3) is 0.440. The third-order valence-corrected chi connectivity index (χ3v) is 8.58. The van der Waals surface area contributed by atoms with E-state index in [1.54, 1.807) is 0 Å². The van der Waals surface area contributed by atoms with Gasteiger partial charge in [0.15, 0.2) is 0 Å². The highest BCUT2D eigenvalue weighted by Crippen LogP contribution is 2.31. The van der Waals surface area contributed by atoms with Crippen LogP contribution in [0.1, 0.15) is 24.0 Å². The summed E-state index contributed by atoms with van der Waals surface area (Å²) < 4.78 is 19.5. The number of alkyl halides is 1. The number of rotatable bonds is 4. The molecule has 2 aliphatic heterocycles. The van der Waals surface area contributed by atoms with Gasteiger partial charge in [0.2, 0.25) is 5.95 Å². The highest BCUT2D eigenvalue weighted by atomic mass is 32.2. The molecule has 3 heterocycles. The van der Waals surface area contributed by atoms with E-state index in [0.717, 1.165) is 35.3 Å². The second kappa shape index (κ2) is 8.65. The SMILES string of the molecule is Cc1ccc2nc(N3CCS(=NC4CC4)c4ccccc4C3)nc(N[C@@H]3CNC[C@H]3F)c2c1. The largest absolute Gasteiger partial charge is 0.362 e. The molecule has 2 fully saturated rings. The predicted molar refractivity (Wildman–Crippen MR) is 133 cm³/mol. The number of halogens is 1. The van der Waals surface area contributed by atoms with E-state index in [0.29, 0.717) is 30.9 Å². The van der Waals surface area contributed by atoms with Crippen molar-refractivity contribution >= 4 is 33.4 Å². The minimum Gasteiger partial charge on any atom is -0.362 e. The molecule has 2 N–H and O–H groups in total. The van der Waals surface area contributed by atoms with Crippen LogP contribution in [0.3, 0.4) is 0 Å². The van der Waals surface area contributed by atoms with Crippen LogP contribution in [0.2, 0.25) is 0 Å². The second-order valence-electron chi connectivity index (χ2n) is 9.25. The van der Waals surface area contributed by atoms with E-state index in [-0.39, 0.29) is 16.7 Å². The Morgan fingerprint density at radius 2 is 2.03 bits per heavy atom. The summed E-state index contributed by atoms with van der Waals surface area (Å²) in [7, 11) is -0.0888. The van der Waals surface area contributed by atoms with E-state index in [9.17, 15) is 4.39 Å². The Morgan fingerprint density at radius 1 is 1.15 bits per heavy atom. The maximum atomic E-state index is 14.4. The van der Waals surface area contributed by atoms with Gasteiger partial charge in [0.05, 0.1) is 17.6 Å². The van der Waals surface area contributed by atoms with Crippen molar-refractivity contribution in [3.8, 4) is 0 Å². The fourth-order valence-corrected chi connectivity index (χ4v) is 6.61. The number of fused-ring (bicyclic) bond motifs is 2. The van der Waals surface area contributed by atoms with E-state index in [4.69, 9.17) is 14.3 Å². The zero-order valence-electron chi connectivity index (χ0n) is 18.8. The summed E-state index contributed by atoms with van der Waals surface area (Å²) in [6, 6.07) is 15.1. The van der Waals surface area contributed by atoms with Crippen molar-refractivity contribution in [2.24, 2.45) is 4.36 Å². The van der Waals surface area contributed by atoms with E-state index in [1.807, 2.05) is 6.07 Å². The highest BCUT2D eigenvalue weighted by molar-refractivity contribution is 7.87. The van der Waals surface area contributed by atoms with Crippen molar-refractivity contribution in [1.82, 2.24) is 15.3 Å². The summed E-state index contributed by atoms with van der Waals surface area (Å²) in [5, 5.41) is 7.45. The molecule has 6 rings (SSSR count). The lowest BCUT2D eigenvalue weighted by atomic mass is 10.1. The van der Waals surface area contributed by atoms with Crippen LogP contribution in [-0.2, 0) is 17.2 Å². The van der Waals surface area contributed by atoms with Crippen molar-refractivity contribution < 1.29 is 4.39 Å². The molecule has 0 spiro atoms. The maximum Gasteiger partial charge on any atom is 0.228 e. The van der Waals surface area contributed by atoms with Gasteiger partial charge < -0.3 is 15.5 Å². The van der Waals surface area contributed by atoms with Gasteiger partial charge in [0, 0.05) is 42.2 Å². The Balaban J connectivity index is 1.39. The Kier molecular flexibility index (Phi) is 5.50. The molecule has 6 nitrogen and oxygen atoms in total. The molecule has 172 valence electrons. The lowest BCUT2D eigenvalue weighted by Crippen LogP contribution is -2.31. The summed E-state index contributed by atoms with van der Waals surface area (Å²) in [6.45, 7) is 4.63. The third kappa shape index (κ3) is 4.34. The summed E-state index contributed by atoms with van der Waals surface area (Å²) in [6.07, 6.45) is 1.52. The van der Waals surface area contributed by atoms with Crippen molar-refractivity contribution in [2.75, 3.05) is 35.6 Å². The molecule has 1 saturated heterocycles. The van der Waals surface area contributed by atoms with Crippen molar-refractivity contribution in [3.05, 3.63) is 53.6 Å². The van der Waals surface area contributed by atoms with E-state index in [1.165, 1.54) is 23.3 Å². The first kappa shape index (κ1) is 21.0. The minimum absolute atomic E-state index is 0.0888. The molecule has 3 aromatic rings. The van der Waals surface area contributed by atoms with E-state index < -0.39 is 6.17 Å². The van der Waals surface area contributed by atoms with Crippen molar-refractivity contribution in [3.63, 3.8) is 0 Å². The van der Waals surface area contributed by atoms with Gasteiger partial charge in [-0.15, -0.1) is 0 Å². The van der Waals surface area contributed by atoms with Gasteiger partial charge in [-0.05, 0) is 43.5 Å². The quantitative estimate of drug-likeness (QED) is 0.611. The standard InChI is InChI=1S/C25H29FN6S/c1-16-6-9-21-19(12-16)24(28-22-14-27-13-20(22)26)30-25(29-21)32-10-11-33(31-18-7-8-18)23-5-3-2-4-17(23)15-32/h2-6,9,12,18,20,22,27H,7-8,10-11,13-15H2,1H3,(H,28,29,30)/t20-,22-,33?/m1/s1. The molecule has 1 saturated carbocycles. The molecule has 8 heteroatoms. The molecule has 0 amide bonds. The number of nitrogens with one attached hydrogen (secondary N) is 2. The lowest BCUT2D eigenvalue weighted by Gasteiger charge is -2.23. The molecule has 2 aromatic carbocycles. The minimum atomic E-state index is -0.931. The first-order valence-electron chi connectivity index (χ1n) is 11.8. The lowest BCUT2D eigenvalue weighted by molar-refractivity contribution is 0.342. The van der Waals surface area contributed by atoms with Gasteiger partial charge in [-0.3, -0.25) is 4.36 Å². The molecule has 0 radical (unpaired) electrons. The normalized spacial score (nSPS) is 25.3. The smallest absolute Gasteiger partial charge is 0.228 e. The molecule has 3 aliphatic rings. The van der Waals surface area contributed by atoms with Crippen molar-refractivity contribution in [2.45, 2.75) is 49.5 Å². The van der Waals surface area contributed by atoms with Crippen LogP contribution < -0.4 is 15.5 Å². The van der Waals surface area contributed by atoms with Crippen LogP contribution in [-0.4, -0.2) is 53.6 Å². The Hall–Kier alpha value is -2.58. The topological polar surface area (TPSA) is 65.4 Å². The molecule has 1 aromatic heterocycles. The summed E-state index contributed by atoms with van der Waals surface area (Å²) in [4.78, 5) is 13.5. The number of aryl methyl sites for hydroxylation is 1. The van der Waals surface area contributed by atoms with Crippen LogP contribution in [0, 0.1) is 6.92 Å². The third-order valence-electron chi connectivity index (χ3n) is 6.55. The molecular formula is C25H29FN6S. The fourth-order valence-electron chi connectivity index (χ4n) is 4.54. The van der Waals surface area contributed by atoms with Crippen LogP contribution in [0.4, 0.5) is 16.2 Å². The molecular weight excluding hydrogens is 435 g/mol. The Bertz CT molecular complexity index is 1230. The average Bonchev–Trinajstić information content (AvgIpc) is 3.59. The predicted octanol–water partition coefficient (Wildman–Crippen LogP) is 4.00. The summed E-state index contributed by atoms with van der Waals surface area (Å²) in [5.74, 6) is 2.39. The molecule has 1 unspecified atom stereocenters. The number of hydrogen-bond acceptors (Lipinski definition) is 6. The first-order chi connectivity index (χ1) is 16.1. The highest BCUT2D eigenvalue weighted by Gasteiger charge is 2.29. The van der Waals surface area contributed by atoms with Crippen LogP contribution in [0.25, 0.3) is 10.9 Å². The summed E-state index contributed by atoms with van der Waals surface area (Å²) >= 11 is 0. The second-order valence-corrected chi connectivity index (χ2v) is 11.0. The molecule has 33 heavy (non-hydrogen) atoms. The Labute approximate surface area is 196 Å². The summed E-state index contributed by atoms with van der Waals surface area (Å²) in [5.41, 5.74) is 3.32. The Morgan fingerprint density at radius 3 is 2.85 bits per heavy atom. The maximum absolute atomic E-state index is 14.4. The number of hydrogen-bond donors (Lipinski definition) is 2. The van der Waals surface area contributed by atoms with Gasteiger partial charge >= 0.3 is 0 Å². The van der Waals surface area contributed by atoms with E-state index in [2.05, 4.69) is 58.9 Å². The van der Waals surface area contributed by atoms with Crippen LogP contribution in [0.5, 0.6) is 0 Å². The monoisotopic (exact) mass is 464 g/mol. The zero-order chi connectivity index (χ0) is 22.4. The first-order valence-corrected chi connectivity index (χ1v) is 13.1. The van der Waals surface area contributed by atoms with Crippen LogP contribution in [0.15, 0.2) is 51.7 Å². The number of nitrogens with zero attached hydrogens (tertiary/aromatic N) is 4. The van der Waals surface area contributed by atoms with Gasteiger partial charge in [-0.25, -0.2) is 9.37 Å². The van der Waals surface area contributed by atoms with Gasteiger partial charge in [0.25, 0.3) is 0 Å². The van der Waals surface area contributed by atoms with Crippen LogP contribution >= 0.6 is 0 Å². The van der Waals surface area contributed by atoms with Gasteiger partial charge in [0.1, 0.15) is 12.0 Å². The molecule has 1 aliphatic carbocycles. The zero-order valence-corrected chi connectivity index (χ0v) is 19.6. The van der Waals surface area contributed by atoms with Gasteiger partial charge in [-0.1, -0.05) is 40.5 Å². The van der Waals surface area contributed by atoms with Gasteiger partial charge in [-0.2, -0.15) is 4.98 Å². The number of anilines is 2. The van der Waals surface area contributed by atoms with Crippen molar-refractivity contribution in [1.29, 1.82) is 0 Å². The number of aromatic nitrogens is 2. The molecule has 3 atom stereocenters. The molecule has 0 bridgehead atoms. The average molecular weight is 465 g/mol.